The van der Waals surface area contributed by atoms with Crippen LogP contribution in [0.1, 0.15) is 20.3 Å². The van der Waals surface area contributed by atoms with E-state index in [2.05, 4.69) is 72.3 Å². The maximum Gasteiger partial charge on any atom is 0.0491 e. The number of nitrogens with one attached hydrogen (secondary N) is 1. The van der Waals surface area contributed by atoms with Gasteiger partial charge in [-0.1, -0.05) is 43.3 Å². The molecule has 104 valence electrons. The van der Waals surface area contributed by atoms with Crippen molar-refractivity contribution < 1.29 is 0 Å². The van der Waals surface area contributed by atoms with Crippen LogP contribution < -0.4 is 5.32 Å². The Bertz CT molecular complexity index is 658. The van der Waals surface area contributed by atoms with Crippen LogP contribution in [0, 0.1) is 0 Å². The summed E-state index contributed by atoms with van der Waals surface area (Å²) in [5.74, 6) is 0. The van der Waals surface area contributed by atoms with E-state index < -0.39 is 0 Å². The zero-order valence-corrected chi connectivity index (χ0v) is 12.3. The summed E-state index contributed by atoms with van der Waals surface area (Å²) in [6.07, 6.45) is 1.18. The molecule has 2 nitrogen and oxygen atoms in total. The number of hydrogen-bond donors (Lipinski definition) is 1. The summed E-state index contributed by atoms with van der Waals surface area (Å²) < 4.78 is 2.44. The number of nitrogens with zero attached hydrogens (tertiary/aromatic N) is 1. The smallest absolute Gasteiger partial charge is 0.0491 e. The van der Waals surface area contributed by atoms with Crippen LogP contribution >= 0.6 is 0 Å². The summed E-state index contributed by atoms with van der Waals surface area (Å²) in [4.78, 5) is 0. The van der Waals surface area contributed by atoms with Crippen molar-refractivity contribution in [2.75, 3.05) is 6.54 Å². The van der Waals surface area contributed by atoms with Gasteiger partial charge >= 0.3 is 0 Å². The van der Waals surface area contributed by atoms with E-state index >= 15 is 0 Å². The van der Waals surface area contributed by atoms with Gasteiger partial charge in [-0.2, -0.15) is 0 Å². The molecule has 3 aromatic rings. The molecule has 0 saturated heterocycles. The SMILES string of the molecule is CCCNC(C)Cn1c2ccccc2c2ccccc21. The van der Waals surface area contributed by atoms with Crippen LogP contribution in [0.5, 0.6) is 0 Å². The molecule has 2 aromatic carbocycles. The minimum Gasteiger partial charge on any atom is -0.339 e. The molecule has 1 unspecified atom stereocenters. The second kappa shape index (κ2) is 5.68. The fourth-order valence-corrected chi connectivity index (χ4v) is 2.93. The average molecular weight is 266 g/mol. The van der Waals surface area contributed by atoms with Crippen molar-refractivity contribution in [2.24, 2.45) is 0 Å². The van der Waals surface area contributed by atoms with Crippen LogP contribution in [-0.2, 0) is 6.54 Å². The van der Waals surface area contributed by atoms with Gasteiger partial charge in [-0.3, -0.25) is 0 Å². The summed E-state index contributed by atoms with van der Waals surface area (Å²) in [6, 6.07) is 17.9. The Kier molecular flexibility index (Phi) is 3.75. The lowest BCUT2D eigenvalue weighted by Gasteiger charge is -2.16. The van der Waals surface area contributed by atoms with Crippen molar-refractivity contribution in [1.82, 2.24) is 9.88 Å². The van der Waals surface area contributed by atoms with Gasteiger partial charge in [-0.25, -0.2) is 0 Å². The van der Waals surface area contributed by atoms with Crippen molar-refractivity contribution in [3.63, 3.8) is 0 Å². The minimum absolute atomic E-state index is 0.481. The highest BCUT2D eigenvalue weighted by atomic mass is 15.0. The van der Waals surface area contributed by atoms with E-state index in [1.54, 1.807) is 0 Å². The highest BCUT2D eigenvalue weighted by molar-refractivity contribution is 6.07. The van der Waals surface area contributed by atoms with Gasteiger partial charge in [0.2, 0.25) is 0 Å². The van der Waals surface area contributed by atoms with E-state index in [-0.39, 0.29) is 0 Å². The fraction of sp³-hybridized carbons (Fsp3) is 0.333. The second-order valence-electron chi connectivity index (χ2n) is 5.50. The Morgan fingerprint density at radius 1 is 0.950 bits per heavy atom. The largest absolute Gasteiger partial charge is 0.339 e. The molecule has 1 atom stereocenters. The molecule has 0 bridgehead atoms. The van der Waals surface area contributed by atoms with E-state index in [0.29, 0.717) is 6.04 Å². The van der Waals surface area contributed by atoms with Gasteiger partial charge in [0.25, 0.3) is 0 Å². The van der Waals surface area contributed by atoms with E-state index in [0.717, 1.165) is 13.1 Å². The molecular weight excluding hydrogens is 244 g/mol. The Labute approximate surface area is 120 Å². The number of hydrogen-bond acceptors (Lipinski definition) is 1. The number of rotatable bonds is 5. The van der Waals surface area contributed by atoms with Crippen LogP contribution in [-0.4, -0.2) is 17.2 Å². The number of para-hydroxylation sites is 2. The lowest BCUT2D eigenvalue weighted by atomic mass is 10.2. The van der Waals surface area contributed by atoms with Crippen molar-refractivity contribution in [1.29, 1.82) is 0 Å². The zero-order chi connectivity index (χ0) is 13.9. The fourth-order valence-electron chi connectivity index (χ4n) is 2.93. The molecular formula is C18H22N2. The maximum atomic E-state index is 3.58. The number of aromatic nitrogens is 1. The second-order valence-corrected chi connectivity index (χ2v) is 5.50. The van der Waals surface area contributed by atoms with Crippen LogP contribution in [0.4, 0.5) is 0 Å². The third-order valence-corrected chi connectivity index (χ3v) is 3.88. The third kappa shape index (κ3) is 2.32. The summed E-state index contributed by atoms with van der Waals surface area (Å²) in [6.45, 7) is 6.56. The Balaban J connectivity index is 2.07. The van der Waals surface area contributed by atoms with Crippen molar-refractivity contribution >= 4 is 21.8 Å². The lowest BCUT2D eigenvalue weighted by Crippen LogP contribution is -2.30. The molecule has 1 aromatic heterocycles. The van der Waals surface area contributed by atoms with E-state index in [9.17, 15) is 0 Å². The normalized spacial score (nSPS) is 13.1. The van der Waals surface area contributed by atoms with Crippen molar-refractivity contribution in [3.8, 4) is 0 Å². The van der Waals surface area contributed by atoms with Crippen molar-refractivity contribution in [2.45, 2.75) is 32.9 Å². The number of benzene rings is 2. The zero-order valence-electron chi connectivity index (χ0n) is 12.3. The van der Waals surface area contributed by atoms with Crippen molar-refractivity contribution in [3.05, 3.63) is 48.5 Å². The molecule has 0 saturated carbocycles. The van der Waals surface area contributed by atoms with Gasteiger partial charge in [0, 0.05) is 34.4 Å². The standard InChI is InChI=1S/C18H22N2/c1-3-12-19-14(2)13-20-17-10-6-4-8-15(17)16-9-5-7-11-18(16)20/h4-11,14,19H,3,12-13H2,1-2H3. The van der Waals surface area contributed by atoms with Gasteiger partial charge in [0.05, 0.1) is 0 Å². The number of fused-ring (bicyclic) bond motifs is 3. The van der Waals surface area contributed by atoms with Crippen LogP contribution in [0.15, 0.2) is 48.5 Å². The van der Waals surface area contributed by atoms with Gasteiger partial charge < -0.3 is 9.88 Å². The molecule has 1 N–H and O–H groups in total. The maximum absolute atomic E-state index is 3.58. The molecule has 0 aliphatic rings. The molecule has 0 radical (unpaired) electrons. The van der Waals surface area contributed by atoms with Gasteiger partial charge in [-0.05, 0) is 32.0 Å². The molecule has 0 amide bonds. The summed E-state index contributed by atoms with van der Waals surface area (Å²) in [7, 11) is 0. The molecule has 3 rings (SSSR count). The van der Waals surface area contributed by atoms with E-state index in [4.69, 9.17) is 0 Å². The molecule has 0 spiro atoms. The highest BCUT2D eigenvalue weighted by Gasteiger charge is 2.11. The first-order chi connectivity index (χ1) is 9.81. The summed E-state index contributed by atoms with van der Waals surface area (Å²) >= 11 is 0. The molecule has 0 aliphatic carbocycles. The average Bonchev–Trinajstić information content (AvgIpc) is 2.80. The first-order valence-corrected chi connectivity index (χ1v) is 7.50. The third-order valence-electron chi connectivity index (χ3n) is 3.88. The van der Waals surface area contributed by atoms with Crippen LogP contribution in [0.3, 0.4) is 0 Å². The summed E-state index contributed by atoms with van der Waals surface area (Å²) in [5.41, 5.74) is 2.66. The van der Waals surface area contributed by atoms with Gasteiger partial charge in [0.15, 0.2) is 0 Å². The minimum atomic E-state index is 0.481. The molecule has 0 fully saturated rings. The molecule has 1 heterocycles. The predicted molar refractivity (Wildman–Crippen MR) is 87.2 cm³/mol. The monoisotopic (exact) mass is 266 g/mol. The van der Waals surface area contributed by atoms with Crippen LogP contribution in [0.25, 0.3) is 21.8 Å². The Hall–Kier alpha value is -1.80. The van der Waals surface area contributed by atoms with Crippen LogP contribution in [0.2, 0.25) is 0 Å². The molecule has 2 heteroatoms. The first-order valence-electron chi connectivity index (χ1n) is 7.50. The van der Waals surface area contributed by atoms with Gasteiger partial charge in [0.1, 0.15) is 0 Å². The van der Waals surface area contributed by atoms with Gasteiger partial charge in [-0.15, -0.1) is 0 Å². The Morgan fingerprint density at radius 2 is 1.50 bits per heavy atom. The summed E-state index contributed by atoms with van der Waals surface area (Å²) in [5, 5.41) is 6.28. The lowest BCUT2D eigenvalue weighted by molar-refractivity contribution is 0.490. The first kappa shape index (κ1) is 13.2. The molecule has 20 heavy (non-hydrogen) atoms. The Morgan fingerprint density at radius 3 is 2.05 bits per heavy atom. The topological polar surface area (TPSA) is 17.0 Å². The quantitative estimate of drug-likeness (QED) is 0.733. The highest BCUT2D eigenvalue weighted by Crippen LogP contribution is 2.28. The predicted octanol–water partition coefficient (Wildman–Crippen LogP) is 4.18. The van der Waals surface area contributed by atoms with E-state index in [1.807, 2.05) is 0 Å². The van der Waals surface area contributed by atoms with E-state index in [1.165, 1.54) is 28.2 Å². The molecule has 0 aliphatic heterocycles.